The lowest BCUT2D eigenvalue weighted by molar-refractivity contribution is 1.62. The summed E-state index contributed by atoms with van der Waals surface area (Å²) >= 11 is 0. The van der Waals surface area contributed by atoms with Gasteiger partial charge < -0.3 is 0 Å². The van der Waals surface area contributed by atoms with E-state index in [4.69, 9.17) is 0 Å². The van der Waals surface area contributed by atoms with E-state index >= 15 is 0 Å². The first kappa shape index (κ1) is 36.2. The molecule has 0 amide bonds. The van der Waals surface area contributed by atoms with Crippen LogP contribution in [0.3, 0.4) is 0 Å². The van der Waals surface area contributed by atoms with Crippen molar-refractivity contribution in [1.29, 1.82) is 0 Å². The van der Waals surface area contributed by atoms with E-state index in [1.54, 1.807) is 0 Å². The maximum Gasteiger partial charge on any atom is -0.000740 e. The maximum absolute atomic E-state index is 2.45. The molecule has 0 atom stereocenters. The van der Waals surface area contributed by atoms with E-state index in [-0.39, 0.29) is 7.43 Å². The smallest absolute Gasteiger partial charge is 0.000740 e. The van der Waals surface area contributed by atoms with Gasteiger partial charge in [-0.25, -0.2) is 0 Å². The van der Waals surface area contributed by atoms with Gasteiger partial charge in [-0.2, -0.15) is 0 Å². The molecule has 0 spiro atoms. The Bertz CT molecular complexity index is 3590. The molecule has 0 heterocycles. The molecular formula is C65H40. The summed E-state index contributed by atoms with van der Waals surface area (Å²) in [4.78, 5) is 0. The fraction of sp³-hybridized carbons (Fsp3) is 0.0154. The van der Waals surface area contributed by atoms with Gasteiger partial charge in [-0.15, -0.1) is 0 Å². The van der Waals surface area contributed by atoms with Gasteiger partial charge in [0.1, 0.15) is 0 Å². The standard InChI is InChI=1S/C64H36.CH4/c1-5-17-37(18-6-1)53-41-25-13-14-26-42(41)54(38-19-7-2-8-20-38)62-50-34-30-46-48-32-36-52-60-51(35-31-47(58(48)60)45-29-33-49(61(53)62)59(50)57(45)46)63-55(39-21-9-3-10-22-39)43-27-15-16-28-44(43)56(64(52)63)40-23-11-4-12-24-40;/h1-36H;1H4. The monoisotopic (exact) mass is 820 g/mol. The van der Waals surface area contributed by atoms with Gasteiger partial charge >= 0.3 is 0 Å². The van der Waals surface area contributed by atoms with Gasteiger partial charge in [0, 0.05) is 0 Å². The minimum absolute atomic E-state index is 0. The first-order valence-corrected chi connectivity index (χ1v) is 22.4. The van der Waals surface area contributed by atoms with Gasteiger partial charge in [-0.05, 0) is 154 Å². The van der Waals surface area contributed by atoms with Crippen LogP contribution in [0.25, 0.3) is 154 Å². The average Bonchev–Trinajstić information content (AvgIpc) is 3.88. The molecule has 300 valence electrons. The van der Waals surface area contributed by atoms with E-state index in [9.17, 15) is 0 Å². The molecule has 0 aliphatic heterocycles. The molecular weight excluding hydrogens is 781 g/mol. The lowest BCUT2D eigenvalue weighted by Crippen LogP contribution is -1.93. The van der Waals surface area contributed by atoms with Gasteiger partial charge in [-0.1, -0.05) is 226 Å². The van der Waals surface area contributed by atoms with Gasteiger partial charge in [-0.3, -0.25) is 0 Å². The van der Waals surface area contributed by atoms with Crippen molar-refractivity contribution in [1.82, 2.24) is 0 Å². The molecule has 65 heavy (non-hydrogen) atoms. The van der Waals surface area contributed by atoms with E-state index in [2.05, 4.69) is 218 Å². The van der Waals surface area contributed by atoms with Crippen molar-refractivity contribution >= 4 is 64.6 Å². The second-order valence-corrected chi connectivity index (χ2v) is 17.7. The van der Waals surface area contributed by atoms with E-state index in [0.717, 1.165) is 0 Å². The average molecular weight is 821 g/mol. The zero-order valence-electron chi connectivity index (χ0n) is 34.8. The Morgan fingerprint density at radius 1 is 0.154 bits per heavy atom. The van der Waals surface area contributed by atoms with Crippen LogP contribution in [0.4, 0.5) is 0 Å². The first-order chi connectivity index (χ1) is 31.8. The van der Waals surface area contributed by atoms with Crippen molar-refractivity contribution < 1.29 is 0 Å². The first-order valence-electron chi connectivity index (χ1n) is 22.4. The van der Waals surface area contributed by atoms with Crippen LogP contribution in [0, 0.1) is 0 Å². The topological polar surface area (TPSA) is 0 Å². The molecule has 0 saturated heterocycles. The molecule has 0 nitrogen and oxygen atoms in total. The predicted molar refractivity (Wildman–Crippen MR) is 280 cm³/mol. The summed E-state index contributed by atoms with van der Waals surface area (Å²) < 4.78 is 0. The number of benzene rings is 13. The van der Waals surface area contributed by atoms with Crippen molar-refractivity contribution in [2.75, 3.05) is 0 Å². The normalized spacial score (nSPS) is 12.2. The third kappa shape index (κ3) is 4.65. The minimum atomic E-state index is 0. The summed E-state index contributed by atoms with van der Waals surface area (Å²) in [7, 11) is 0. The molecule has 0 bridgehead atoms. The summed E-state index contributed by atoms with van der Waals surface area (Å²) in [6.07, 6.45) is 0. The van der Waals surface area contributed by atoms with E-state index < -0.39 is 0 Å². The van der Waals surface area contributed by atoms with E-state index in [0.29, 0.717) is 0 Å². The second-order valence-electron chi connectivity index (χ2n) is 17.7. The van der Waals surface area contributed by atoms with Crippen LogP contribution < -0.4 is 0 Å². The zero-order valence-corrected chi connectivity index (χ0v) is 34.8. The lowest BCUT2D eigenvalue weighted by Gasteiger charge is -2.20. The number of rotatable bonds is 4. The maximum atomic E-state index is 2.45. The number of fused-ring (bicyclic) bond motifs is 10. The molecule has 0 N–H and O–H groups in total. The summed E-state index contributed by atoms with van der Waals surface area (Å²) in [6.45, 7) is 0. The highest BCUT2D eigenvalue weighted by Gasteiger charge is 2.35. The fourth-order valence-corrected chi connectivity index (χ4v) is 12.3. The van der Waals surface area contributed by atoms with E-state index in [1.165, 1.54) is 154 Å². The summed E-state index contributed by atoms with van der Waals surface area (Å²) in [6, 6.07) is 81.9. The summed E-state index contributed by atoms with van der Waals surface area (Å²) in [5.41, 5.74) is 20.9. The highest BCUT2D eigenvalue weighted by Crippen LogP contribution is 2.62. The van der Waals surface area contributed by atoms with Crippen molar-refractivity contribution in [3.05, 3.63) is 218 Å². The quantitative estimate of drug-likeness (QED) is 0.123. The Hall–Kier alpha value is -8.32. The molecule has 13 aromatic carbocycles. The van der Waals surface area contributed by atoms with Crippen molar-refractivity contribution in [2.45, 2.75) is 7.43 Å². The molecule has 13 aromatic rings. The van der Waals surface area contributed by atoms with Crippen LogP contribution in [-0.2, 0) is 0 Å². The minimum Gasteiger partial charge on any atom is -0.0776 e. The van der Waals surface area contributed by atoms with Crippen molar-refractivity contribution in [3.8, 4) is 89.0 Å². The predicted octanol–water partition coefficient (Wildman–Crippen LogP) is 18.6. The third-order valence-electron chi connectivity index (χ3n) is 14.7. The zero-order chi connectivity index (χ0) is 41.6. The Morgan fingerprint density at radius 3 is 0.600 bits per heavy atom. The molecule has 0 heteroatoms. The fourth-order valence-electron chi connectivity index (χ4n) is 12.3. The summed E-state index contributed by atoms with van der Waals surface area (Å²) in [5.74, 6) is 0. The highest BCUT2D eigenvalue weighted by molar-refractivity contribution is 6.42. The molecule has 0 aromatic heterocycles. The van der Waals surface area contributed by atoms with Crippen LogP contribution in [0.15, 0.2) is 218 Å². The van der Waals surface area contributed by atoms with Gasteiger partial charge in [0.15, 0.2) is 0 Å². The van der Waals surface area contributed by atoms with Crippen molar-refractivity contribution in [3.63, 3.8) is 0 Å². The molecule has 2 aliphatic carbocycles. The Labute approximate surface area is 377 Å². The third-order valence-corrected chi connectivity index (χ3v) is 14.7. The summed E-state index contributed by atoms with van der Waals surface area (Å²) in [5, 5.41) is 15.9. The molecule has 0 fully saturated rings. The van der Waals surface area contributed by atoms with Crippen LogP contribution in [0.2, 0.25) is 0 Å². The molecule has 0 radical (unpaired) electrons. The van der Waals surface area contributed by atoms with E-state index in [1.807, 2.05) is 0 Å². The number of hydrogen-bond donors (Lipinski definition) is 0. The molecule has 0 saturated carbocycles. The van der Waals surface area contributed by atoms with Gasteiger partial charge in [0.2, 0.25) is 0 Å². The Morgan fingerprint density at radius 2 is 0.369 bits per heavy atom. The lowest BCUT2D eigenvalue weighted by atomic mass is 9.82. The largest absolute Gasteiger partial charge is 0.0776 e. The van der Waals surface area contributed by atoms with Gasteiger partial charge in [0.25, 0.3) is 0 Å². The molecule has 0 unspecified atom stereocenters. The second kappa shape index (κ2) is 13.3. The van der Waals surface area contributed by atoms with Crippen molar-refractivity contribution in [2.24, 2.45) is 0 Å². The number of hydrogen-bond acceptors (Lipinski definition) is 0. The van der Waals surface area contributed by atoms with Crippen LogP contribution in [0.5, 0.6) is 0 Å². The van der Waals surface area contributed by atoms with Gasteiger partial charge in [0.05, 0.1) is 0 Å². The Kier molecular flexibility index (Phi) is 7.43. The SMILES string of the molecule is C.c1ccc(-c2c3c(c(-c4ccccc4)c4ccccc24)-c2ccc4c5ccc6c7c(ccc(c8ccc-3c2c84)c75)-c2c-6c(-c3ccccc3)c3ccccc3c2-c2ccccc2)cc1. The van der Waals surface area contributed by atoms with Crippen LogP contribution in [0.1, 0.15) is 7.43 Å². The van der Waals surface area contributed by atoms with Crippen LogP contribution >= 0.6 is 0 Å². The highest BCUT2D eigenvalue weighted by atomic mass is 14.4. The molecule has 2 aliphatic rings. The Balaban J connectivity index is 0.00000406. The molecule has 15 rings (SSSR count). The van der Waals surface area contributed by atoms with Crippen LogP contribution in [-0.4, -0.2) is 0 Å².